The number of aromatic nitrogens is 1. The molecule has 27 heavy (non-hydrogen) atoms. The predicted molar refractivity (Wildman–Crippen MR) is 114 cm³/mol. The number of benzene rings is 1. The fourth-order valence-electron chi connectivity index (χ4n) is 3.59. The van der Waals surface area contributed by atoms with E-state index in [4.69, 9.17) is 4.98 Å². The Labute approximate surface area is 168 Å². The second kappa shape index (κ2) is 8.09. The Hall–Kier alpha value is -1.76. The molecule has 1 fully saturated rings. The van der Waals surface area contributed by atoms with Gasteiger partial charge in [0.25, 0.3) is 5.91 Å². The molecular formula is C21H25N3OS2. The van der Waals surface area contributed by atoms with Gasteiger partial charge >= 0.3 is 0 Å². The average Bonchev–Trinajstić information content (AvgIpc) is 3.25. The molecule has 2 aromatic heterocycles. The minimum atomic E-state index is 0.199. The van der Waals surface area contributed by atoms with Crippen molar-refractivity contribution >= 4 is 38.8 Å². The van der Waals surface area contributed by atoms with Gasteiger partial charge in [-0.25, -0.2) is 4.98 Å². The van der Waals surface area contributed by atoms with E-state index in [0.717, 1.165) is 61.0 Å². The third kappa shape index (κ3) is 4.08. The highest BCUT2D eigenvalue weighted by atomic mass is 32.1. The van der Waals surface area contributed by atoms with Crippen molar-refractivity contribution in [2.24, 2.45) is 0 Å². The molecule has 4 rings (SSSR count). The molecule has 0 atom stereocenters. The smallest absolute Gasteiger partial charge is 0.264 e. The lowest BCUT2D eigenvalue weighted by atomic mass is 10.1. The maximum atomic E-state index is 12.9. The Morgan fingerprint density at radius 2 is 1.93 bits per heavy atom. The van der Waals surface area contributed by atoms with Crippen LogP contribution in [0.5, 0.6) is 0 Å². The average molecular weight is 400 g/mol. The van der Waals surface area contributed by atoms with Crippen LogP contribution in [0.15, 0.2) is 30.3 Å². The van der Waals surface area contributed by atoms with Crippen molar-refractivity contribution < 1.29 is 4.79 Å². The Bertz CT molecular complexity index is 905. The molecule has 0 aliphatic carbocycles. The number of carbonyl (C=O) groups excluding carboxylic acids is 1. The summed E-state index contributed by atoms with van der Waals surface area (Å²) >= 11 is 3.42. The molecule has 4 nitrogen and oxygen atoms in total. The number of nitrogens with zero attached hydrogens (tertiary/aromatic N) is 3. The van der Waals surface area contributed by atoms with Crippen LogP contribution in [0, 0.1) is 6.92 Å². The molecule has 0 radical (unpaired) electrons. The van der Waals surface area contributed by atoms with E-state index in [2.05, 4.69) is 43.0 Å². The lowest BCUT2D eigenvalue weighted by molar-refractivity contribution is 0.0633. The van der Waals surface area contributed by atoms with Gasteiger partial charge in [0.2, 0.25) is 0 Å². The third-order valence-corrected chi connectivity index (χ3v) is 7.21. The highest BCUT2D eigenvalue weighted by Crippen LogP contribution is 2.26. The van der Waals surface area contributed by atoms with Gasteiger partial charge in [0.05, 0.1) is 21.6 Å². The Kier molecular flexibility index (Phi) is 5.57. The van der Waals surface area contributed by atoms with E-state index < -0.39 is 0 Å². The number of fused-ring (bicyclic) bond motifs is 1. The molecule has 1 amide bonds. The first kappa shape index (κ1) is 18.6. The number of rotatable bonds is 5. The molecule has 1 aliphatic rings. The molecule has 0 saturated carbocycles. The minimum Gasteiger partial charge on any atom is -0.335 e. The van der Waals surface area contributed by atoms with E-state index in [-0.39, 0.29) is 5.91 Å². The Morgan fingerprint density at radius 3 is 2.67 bits per heavy atom. The number of thiophene rings is 1. The largest absolute Gasteiger partial charge is 0.335 e. The van der Waals surface area contributed by atoms with Crippen molar-refractivity contribution in [3.05, 3.63) is 50.7 Å². The van der Waals surface area contributed by atoms with Crippen molar-refractivity contribution in [1.82, 2.24) is 14.8 Å². The summed E-state index contributed by atoms with van der Waals surface area (Å²) in [6.07, 6.45) is 2.18. The van der Waals surface area contributed by atoms with Crippen molar-refractivity contribution in [3.8, 4) is 0 Å². The number of aryl methyl sites for hydroxylation is 2. The SMILES string of the molecule is CCCc1cc(C(=O)N2CCN(Cc3nc4ccccc4s3)CC2)sc1C. The topological polar surface area (TPSA) is 36.4 Å². The highest BCUT2D eigenvalue weighted by molar-refractivity contribution is 7.18. The molecule has 142 valence electrons. The van der Waals surface area contributed by atoms with Crippen molar-refractivity contribution in [2.45, 2.75) is 33.2 Å². The number of hydrogen-bond donors (Lipinski definition) is 0. The summed E-state index contributed by atoms with van der Waals surface area (Å²) in [6.45, 7) is 8.60. The van der Waals surface area contributed by atoms with Crippen LogP contribution in [0.25, 0.3) is 10.2 Å². The maximum Gasteiger partial charge on any atom is 0.264 e. The van der Waals surface area contributed by atoms with Crippen LogP contribution in [-0.4, -0.2) is 46.9 Å². The van der Waals surface area contributed by atoms with E-state index in [1.54, 1.807) is 22.7 Å². The Balaban J connectivity index is 1.35. The van der Waals surface area contributed by atoms with Crippen LogP contribution in [-0.2, 0) is 13.0 Å². The van der Waals surface area contributed by atoms with E-state index >= 15 is 0 Å². The van der Waals surface area contributed by atoms with Gasteiger partial charge in [0, 0.05) is 31.1 Å². The van der Waals surface area contributed by atoms with Crippen LogP contribution in [0.3, 0.4) is 0 Å². The predicted octanol–water partition coefficient (Wildman–Crippen LogP) is 4.58. The molecular weight excluding hydrogens is 374 g/mol. The number of hydrogen-bond acceptors (Lipinski definition) is 5. The zero-order valence-electron chi connectivity index (χ0n) is 15.9. The summed E-state index contributed by atoms with van der Waals surface area (Å²) in [7, 11) is 0. The fourth-order valence-corrected chi connectivity index (χ4v) is 5.64. The minimum absolute atomic E-state index is 0.199. The molecule has 0 spiro atoms. The molecule has 0 bridgehead atoms. The second-order valence-electron chi connectivity index (χ2n) is 7.09. The summed E-state index contributed by atoms with van der Waals surface area (Å²) in [5.74, 6) is 0.199. The number of thiazole rings is 1. The van der Waals surface area contributed by atoms with Crippen LogP contribution >= 0.6 is 22.7 Å². The Morgan fingerprint density at radius 1 is 1.15 bits per heavy atom. The summed E-state index contributed by atoms with van der Waals surface area (Å²) in [4.78, 5) is 24.2. The second-order valence-corrected chi connectivity index (χ2v) is 9.46. The van der Waals surface area contributed by atoms with Gasteiger partial charge in [0.1, 0.15) is 5.01 Å². The highest BCUT2D eigenvalue weighted by Gasteiger charge is 2.24. The van der Waals surface area contributed by atoms with Gasteiger partial charge in [-0.05, 0) is 37.1 Å². The van der Waals surface area contributed by atoms with Gasteiger partial charge < -0.3 is 4.90 Å². The standard InChI is InChI=1S/C21H25N3OS2/c1-3-6-16-13-19(26-15(16)2)21(25)24-11-9-23(10-12-24)14-20-22-17-7-4-5-8-18(17)27-20/h4-5,7-8,13H,3,6,9-12,14H2,1-2H3. The van der Waals surface area contributed by atoms with Crippen LogP contribution < -0.4 is 0 Å². The van der Waals surface area contributed by atoms with Crippen molar-refractivity contribution in [1.29, 1.82) is 0 Å². The summed E-state index contributed by atoms with van der Waals surface area (Å²) in [5, 5.41) is 1.16. The van der Waals surface area contributed by atoms with Gasteiger partial charge in [-0.2, -0.15) is 0 Å². The van der Waals surface area contributed by atoms with E-state index in [9.17, 15) is 4.79 Å². The summed E-state index contributed by atoms with van der Waals surface area (Å²) in [6, 6.07) is 10.4. The molecule has 3 heterocycles. The number of carbonyl (C=O) groups is 1. The van der Waals surface area contributed by atoms with E-state index in [0.29, 0.717) is 0 Å². The van der Waals surface area contributed by atoms with Crippen LogP contribution in [0.2, 0.25) is 0 Å². The molecule has 3 aromatic rings. The molecule has 1 aromatic carbocycles. The lowest BCUT2D eigenvalue weighted by Crippen LogP contribution is -2.48. The number of piperazine rings is 1. The normalized spacial score (nSPS) is 15.6. The third-order valence-electron chi connectivity index (χ3n) is 5.11. The first-order valence-electron chi connectivity index (χ1n) is 9.59. The zero-order chi connectivity index (χ0) is 18.8. The molecule has 0 N–H and O–H groups in total. The summed E-state index contributed by atoms with van der Waals surface area (Å²) in [5.41, 5.74) is 2.42. The molecule has 1 saturated heterocycles. The first-order valence-corrected chi connectivity index (χ1v) is 11.2. The van der Waals surface area contributed by atoms with Crippen LogP contribution in [0.1, 0.15) is 38.5 Å². The quantitative estimate of drug-likeness (QED) is 0.630. The number of para-hydroxylation sites is 1. The molecule has 0 unspecified atom stereocenters. The first-order chi connectivity index (χ1) is 13.1. The van der Waals surface area contributed by atoms with Gasteiger partial charge in [-0.3, -0.25) is 9.69 Å². The lowest BCUT2D eigenvalue weighted by Gasteiger charge is -2.34. The monoisotopic (exact) mass is 399 g/mol. The van der Waals surface area contributed by atoms with Crippen molar-refractivity contribution in [2.75, 3.05) is 26.2 Å². The van der Waals surface area contributed by atoms with E-state index in [1.165, 1.54) is 15.1 Å². The zero-order valence-corrected chi connectivity index (χ0v) is 17.5. The van der Waals surface area contributed by atoms with E-state index in [1.807, 2.05) is 11.0 Å². The molecule has 6 heteroatoms. The van der Waals surface area contributed by atoms with Crippen LogP contribution in [0.4, 0.5) is 0 Å². The van der Waals surface area contributed by atoms with Crippen molar-refractivity contribution in [3.63, 3.8) is 0 Å². The summed E-state index contributed by atoms with van der Waals surface area (Å²) < 4.78 is 1.25. The van der Waals surface area contributed by atoms with Gasteiger partial charge in [-0.1, -0.05) is 25.5 Å². The van der Waals surface area contributed by atoms with Gasteiger partial charge in [-0.15, -0.1) is 22.7 Å². The van der Waals surface area contributed by atoms with Gasteiger partial charge in [0.15, 0.2) is 0 Å². The fraction of sp³-hybridized carbons (Fsp3) is 0.429. The number of amides is 1. The maximum absolute atomic E-state index is 12.9. The molecule has 1 aliphatic heterocycles.